The molecule has 0 aliphatic heterocycles. The average molecular weight is 299 g/mol. The molecule has 0 saturated heterocycles. The summed E-state index contributed by atoms with van der Waals surface area (Å²) in [5.74, 6) is 0.698. The second-order valence-electron chi connectivity index (χ2n) is 5.18. The maximum atomic E-state index is 11.7. The van der Waals surface area contributed by atoms with Crippen molar-refractivity contribution >= 4 is 15.5 Å². The first kappa shape index (κ1) is 17.0. The van der Waals surface area contributed by atoms with Crippen LogP contribution >= 0.6 is 0 Å². The van der Waals surface area contributed by atoms with Gasteiger partial charge in [-0.25, -0.2) is 8.42 Å². The number of benzene rings is 1. The standard InChI is InChI=1S/C15H25NO3S/c1-4-20(17,18)15-8-6-14(7-9-15)16-10-5-11-19-12-13(2)3/h6-9,13,16H,4-5,10-12H2,1-3H3. The Morgan fingerprint density at radius 3 is 2.40 bits per heavy atom. The zero-order valence-corrected chi connectivity index (χ0v) is 13.4. The quantitative estimate of drug-likeness (QED) is 0.712. The van der Waals surface area contributed by atoms with Gasteiger partial charge < -0.3 is 10.1 Å². The molecule has 0 bridgehead atoms. The van der Waals surface area contributed by atoms with Crippen molar-refractivity contribution in [3.63, 3.8) is 0 Å². The van der Waals surface area contributed by atoms with Crippen molar-refractivity contribution in [3.8, 4) is 0 Å². The molecule has 1 aromatic rings. The van der Waals surface area contributed by atoms with Crippen molar-refractivity contribution in [2.24, 2.45) is 5.92 Å². The van der Waals surface area contributed by atoms with Crippen molar-refractivity contribution in [1.82, 2.24) is 0 Å². The van der Waals surface area contributed by atoms with Crippen molar-refractivity contribution < 1.29 is 13.2 Å². The molecule has 20 heavy (non-hydrogen) atoms. The topological polar surface area (TPSA) is 55.4 Å². The zero-order valence-electron chi connectivity index (χ0n) is 12.6. The molecular formula is C15H25NO3S. The summed E-state index contributed by atoms with van der Waals surface area (Å²) < 4.78 is 28.8. The average Bonchev–Trinajstić information content (AvgIpc) is 2.43. The van der Waals surface area contributed by atoms with Crippen molar-refractivity contribution in [2.45, 2.75) is 32.1 Å². The largest absolute Gasteiger partial charge is 0.385 e. The molecule has 0 aliphatic carbocycles. The van der Waals surface area contributed by atoms with Gasteiger partial charge in [0.2, 0.25) is 0 Å². The van der Waals surface area contributed by atoms with Crippen molar-refractivity contribution in [2.75, 3.05) is 30.8 Å². The minimum absolute atomic E-state index is 0.132. The summed E-state index contributed by atoms with van der Waals surface area (Å²) in [6.07, 6.45) is 0.932. The Labute approximate surface area is 122 Å². The van der Waals surface area contributed by atoms with E-state index >= 15 is 0 Å². The Bertz CT molecular complexity index is 480. The Morgan fingerprint density at radius 2 is 1.85 bits per heavy atom. The molecule has 1 aromatic carbocycles. The van der Waals surface area contributed by atoms with Gasteiger partial charge in [0.1, 0.15) is 0 Å². The van der Waals surface area contributed by atoms with E-state index in [9.17, 15) is 8.42 Å². The van der Waals surface area contributed by atoms with Crippen LogP contribution in [0, 0.1) is 5.92 Å². The number of anilines is 1. The van der Waals surface area contributed by atoms with Gasteiger partial charge in [0.25, 0.3) is 0 Å². The van der Waals surface area contributed by atoms with E-state index in [-0.39, 0.29) is 5.75 Å². The molecule has 0 spiro atoms. The normalized spacial score (nSPS) is 11.8. The molecule has 0 saturated carbocycles. The Kier molecular flexibility index (Phi) is 7.02. The van der Waals surface area contributed by atoms with Crippen molar-refractivity contribution in [1.29, 1.82) is 0 Å². The number of nitrogens with one attached hydrogen (secondary N) is 1. The van der Waals surface area contributed by atoms with Crippen LogP contribution in [-0.4, -0.2) is 33.9 Å². The van der Waals surface area contributed by atoms with Gasteiger partial charge in [0.15, 0.2) is 9.84 Å². The summed E-state index contributed by atoms with van der Waals surface area (Å²) in [7, 11) is -3.10. The summed E-state index contributed by atoms with van der Waals surface area (Å²) in [6, 6.07) is 6.90. The van der Waals surface area contributed by atoms with Crippen LogP contribution in [0.3, 0.4) is 0 Å². The second-order valence-corrected chi connectivity index (χ2v) is 7.46. The first-order valence-corrected chi connectivity index (χ1v) is 8.75. The predicted molar refractivity (Wildman–Crippen MR) is 82.9 cm³/mol. The highest BCUT2D eigenvalue weighted by Gasteiger charge is 2.10. The Hall–Kier alpha value is -1.07. The molecule has 0 unspecified atom stereocenters. The summed E-state index contributed by atoms with van der Waals surface area (Å²) in [5, 5.41) is 3.25. The van der Waals surface area contributed by atoms with E-state index in [0.29, 0.717) is 10.8 Å². The first-order chi connectivity index (χ1) is 9.45. The lowest BCUT2D eigenvalue weighted by Crippen LogP contribution is -2.09. The Morgan fingerprint density at radius 1 is 1.20 bits per heavy atom. The monoisotopic (exact) mass is 299 g/mol. The molecule has 0 fully saturated rings. The minimum atomic E-state index is -3.10. The lowest BCUT2D eigenvalue weighted by molar-refractivity contribution is 0.110. The number of hydrogen-bond acceptors (Lipinski definition) is 4. The van der Waals surface area contributed by atoms with E-state index < -0.39 is 9.84 Å². The van der Waals surface area contributed by atoms with E-state index in [1.54, 1.807) is 31.2 Å². The van der Waals surface area contributed by atoms with Crippen molar-refractivity contribution in [3.05, 3.63) is 24.3 Å². The van der Waals surface area contributed by atoms with E-state index in [1.165, 1.54) is 0 Å². The molecule has 5 heteroatoms. The fourth-order valence-electron chi connectivity index (χ4n) is 1.67. The molecule has 0 aromatic heterocycles. The third kappa shape index (κ3) is 5.92. The molecule has 4 nitrogen and oxygen atoms in total. The van der Waals surface area contributed by atoms with Crippen LogP contribution in [0.4, 0.5) is 5.69 Å². The Balaban J connectivity index is 2.32. The van der Waals surface area contributed by atoms with Gasteiger partial charge in [-0.1, -0.05) is 20.8 Å². The lowest BCUT2D eigenvalue weighted by Gasteiger charge is -2.09. The van der Waals surface area contributed by atoms with Crippen LogP contribution in [-0.2, 0) is 14.6 Å². The summed E-state index contributed by atoms with van der Waals surface area (Å²) in [5.41, 5.74) is 0.934. The number of ether oxygens (including phenoxy) is 1. The number of rotatable bonds is 9. The van der Waals surface area contributed by atoms with Gasteiger partial charge in [0, 0.05) is 25.4 Å². The maximum absolute atomic E-state index is 11.7. The van der Waals surface area contributed by atoms with Crippen LogP contribution in [0.2, 0.25) is 0 Å². The molecular weight excluding hydrogens is 274 g/mol. The van der Waals surface area contributed by atoms with Gasteiger partial charge >= 0.3 is 0 Å². The summed E-state index contributed by atoms with van der Waals surface area (Å²) in [4.78, 5) is 0.380. The minimum Gasteiger partial charge on any atom is -0.385 e. The summed E-state index contributed by atoms with van der Waals surface area (Å²) in [6.45, 7) is 8.27. The molecule has 0 atom stereocenters. The lowest BCUT2D eigenvalue weighted by atomic mass is 10.2. The highest BCUT2D eigenvalue weighted by Crippen LogP contribution is 2.15. The second kappa shape index (κ2) is 8.27. The van der Waals surface area contributed by atoms with Crippen LogP contribution in [0.25, 0.3) is 0 Å². The fourth-order valence-corrected chi connectivity index (χ4v) is 2.56. The van der Waals surface area contributed by atoms with Crippen LogP contribution in [0.1, 0.15) is 27.2 Å². The smallest absolute Gasteiger partial charge is 0.178 e. The molecule has 1 N–H and O–H groups in total. The number of sulfone groups is 1. The van der Waals surface area contributed by atoms with E-state index in [4.69, 9.17) is 4.74 Å². The highest BCUT2D eigenvalue weighted by molar-refractivity contribution is 7.91. The maximum Gasteiger partial charge on any atom is 0.178 e. The zero-order chi connectivity index (χ0) is 15.0. The first-order valence-electron chi connectivity index (χ1n) is 7.10. The molecule has 0 radical (unpaired) electrons. The van der Waals surface area contributed by atoms with Gasteiger partial charge in [-0.3, -0.25) is 0 Å². The third-order valence-corrected chi connectivity index (χ3v) is 4.59. The molecule has 114 valence electrons. The van der Waals surface area contributed by atoms with Crippen LogP contribution < -0.4 is 5.32 Å². The highest BCUT2D eigenvalue weighted by atomic mass is 32.2. The van der Waals surface area contributed by atoms with Gasteiger partial charge in [0.05, 0.1) is 10.6 Å². The molecule has 0 heterocycles. The van der Waals surface area contributed by atoms with Crippen LogP contribution in [0.15, 0.2) is 29.2 Å². The molecule has 1 rings (SSSR count). The van der Waals surface area contributed by atoms with Gasteiger partial charge in [-0.05, 0) is 36.6 Å². The number of hydrogen-bond donors (Lipinski definition) is 1. The molecule has 0 aliphatic rings. The molecule has 0 amide bonds. The fraction of sp³-hybridized carbons (Fsp3) is 0.600. The summed E-state index contributed by atoms with van der Waals surface area (Å²) >= 11 is 0. The van der Waals surface area contributed by atoms with Crippen LogP contribution in [0.5, 0.6) is 0 Å². The third-order valence-electron chi connectivity index (χ3n) is 2.84. The van der Waals surface area contributed by atoms with E-state index in [1.807, 2.05) is 0 Å². The SMILES string of the molecule is CCS(=O)(=O)c1ccc(NCCCOCC(C)C)cc1. The predicted octanol–water partition coefficient (Wildman–Crippen LogP) is 2.95. The van der Waals surface area contributed by atoms with Gasteiger partial charge in [-0.15, -0.1) is 0 Å². The van der Waals surface area contributed by atoms with Gasteiger partial charge in [-0.2, -0.15) is 0 Å². The van der Waals surface area contributed by atoms with E-state index in [2.05, 4.69) is 19.2 Å². The van der Waals surface area contributed by atoms with E-state index in [0.717, 1.165) is 31.9 Å².